The van der Waals surface area contributed by atoms with Gasteiger partial charge in [-0.05, 0) is 65.7 Å². The largest absolute Gasteiger partial charge is 0.444 e. The Morgan fingerprint density at radius 1 is 1.09 bits per heavy atom. The summed E-state index contributed by atoms with van der Waals surface area (Å²) in [4.78, 5) is 14.0. The minimum absolute atomic E-state index is 0.202. The van der Waals surface area contributed by atoms with Crippen LogP contribution in [0.25, 0.3) is 0 Å². The predicted octanol–water partition coefficient (Wildman–Crippen LogP) is 3.02. The second-order valence-corrected chi connectivity index (χ2v) is 8.39. The second-order valence-electron chi connectivity index (χ2n) is 8.39. The number of rotatable bonds is 3. The molecule has 0 aromatic rings. The fourth-order valence-corrected chi connectivity index (χ4v) is 3.83. The van der Waals surface area contributed by atoms with Crippen LogP contribution in [0.1, 0.15) is 72.1 Å². The Morgan fingerprint density at radius 2 is 1.74 bits per heavy atom. The molecule has 0 radical (unpaired) electrons. The molecule has 5 nitrogen and oxygen atoms in total. The average molecular weight is 325 g/mol. The third-order valence-corrected chi connectivity index (χ3v) is 5.11. The van der Waals surface area contributed by atoms with Crippen molar-refractivity contribution < 1.29 is 9.53 Å². The molecule has 2 atom stereocenters. The maximum absolute atomic E-state index is 12.2. The van der Waals surface area contributed by atoms with Gasteiger partial charge in [0.15, 0.2) is 0 Å². The molecule has 5 heteroatoms. The number of ether oxygens (including phenoxy) is 1. The smallest absolute Gasteiger partial charge is 0.410 e. The zero-order valence-electron chi connectivity index (χ0n) is 15.3. The van der Waals surface area contributed by atoms with Crippen molar-refractivity contribution in [2.24, 2.45) is 5.73 Å². The van der Waals surface area contributed by atoms with Gasteiger partial charge in [0, 0.05) is 31.2 Å². The summed E-state index contributed by atoms with van der Waals surface area (Å²) in [6.45, 7) is 5.73. The predicted molar refractivity (Wildman–Crippen MR) is 93.4 cm³/mol. The summed E-state index contributed by atoms with van der Waals surface area (Å²) in [6, 6.07) is 1.84. The van der Waals surface area contributed by atoms with Crippen molar-refractivity contribution in [1.82, 2.24) is 10.2 Å². The topological polar surface area (TPSA) is 67.6 Å². The van der Waals surface area contributed by atoms with Crippen molar-refractivity contribution in [2.75, 3.05) is 7.05 Å². The molecule has 2 fully saturated rings. The monoisotopic (exact) mass is 325 g/mol. The van der Waals surface area contributed by atoms with Crippen LogP contribution in [0.3, 0.4) is 0 Å². The number of nitrogens with one attached hydrogen (secondary N) is 1. The Balaban J connectivity index is 1.73. The van der Waals surface area contributed by atoms with E-state index in [0.717, 1.165) is 32.1 Å². The maximum Gasteiger partial charge on any atom is 0.410 e. The molecule has 2 aliphatic carbocycles. The van der Waals surface area contributed by atoms with Crippen molar-refractivity contribution in [3.63, 3.8) is 0 Å². The van der Waals surface area contributed by atoms with E-state index < -0.39 is 5.60 Å². The molecule has 0 spiro atoms. The van der Waals surface area contributed by atoms with Gasteiger partial charge in [-0.25, -0.2) is 4.79 Å². The molecular formula is C18H35N3O2. The summed E-state index contributed by atoms with van der Waals surface area (Å²) in [5, 5.41) is 3.80. The second kappa shape index (κ2) is 7.84. The van der Waals surface area contributed by atoms with Gasteiger partial charge in [-0.2, -0.15) is 0 Å². The summed E-state index contributed by atoms with van der Waals surface area (Å²) in [5.41, 5.74) is 5.65. The van der Waals surface area contributed by atoms with Crippen molar-refractivity contribution in [3.05, 3.63) is 0 Å². The third kappa shape index (κ3) is 5.96. The summed E-state index contributed by atoms with van der Waals surface area (Å²) < 4.78 is 5.47. The number of carbonyl (C=O) groups excluding carboxylic acids is 1. The Kier molecular flexibility index (Phi) is 6.32. The minimum Gasteiger partial charge on any atom is -0.444 e. The number of nitrogens with two attached hydrogens (primary N) is 1. The molecule has 2 rings (SSSR count). The van der Waals surface area contributed by atoms with E-state index in [4.69, 9.17) is 10.5 Å². The van der Waals surface area contributed by atoms with Crippen LogP contribution in [0.2, 0.25) is 0 Å². The van der Waals surface area contributed by atoms with E-state index >= 15 is 0 Å². The lowest BCUT2D eigenvalue weighted by Crippen LogP contribution is -2.48. The number of hydrogen-bond donors (Lipinski definition) is 2. The molecule has 0 saturated heterocycles. The minimum atomic E-state index is -0.427. The van der Waals surface area contributed by atoms with Gasteiger partial charge in [-0.3, -0.25) is 0 Å². The SMILES string of the molecule is CN(C(=O)OC(C)(C)C)C1CCC(NC2CCCC(N)C2)CC1. The van der Waals surface area contributed by atoms with Gasteiger partial charge in [0.1, 0.15) is 5.60 Å². The van der Waals surface area contributed by atoms with E-state index in [1.54, 1.807) is 4.90 Å². The number of nitrogens with zero attached hydrogens (tertiary/aromatic N) is 1. The first-order valence-electron chi connectivity index (χ1n) is 9.22. The van der Waals surface area contributed by atoms with Crippen molar-refractivity contribution >= 4 is 6.09 Å². The highest BCUT2D eigenvalue weighted by molar-refractivity contribution is 5.68. The van der Waals surface area contributed by atoms with Crippen LogP contribution >= 0.6 is 0 Å². The van der Waals surface area contributed by atoms with Crippen LogP contribution in [0.5, 0.6) is 0 Å². The van der Waals surface area contributed by atoms with E-state index in [-0.39, 0.29) is 6.09 Å². The molecule has 23 heavy (non-hydrogen) atoms. The van der Waals surface area contributed by atoms with Crippen molar-refractivity contribution in [1.29, 1.82) is 0 Å². The fraction of sp³-hybridized carbons (Fsp3) is 0.944. The van der Waals surface area contributed by atoms with Crippen LogP contribution in [-0.4, -0.2) is 47.8 Å². The Morgan fingerprint density at radius 3 is 2.30 bits per heavy atom. The molecular weight excluding hydrogens is 290 g/mol. The summed E-state index contributed by atoms with van der Waals surface area (Å²) >= 11 is 0. The Labute approximate surface area is 141 Å². The molecule has 3 N–H and O–H groups in total. The molecule has 0 heterocycles. The normalized spacial score (nSPS) is 32.4. The third-order valence-electron chi connectivity index (χ3n) is 5.11. The lowest BCUT2D eigenvalue weighted by atomic mass is 9.87. The van der Waals surface area contributed by atoms with Crippen LogP contribution in [0.4, 0.5) is 4.79 Å². The van der Waals surface area contributed by atoms with Crippen molar-refractivity contribution in [2.45, 2.75) is 102 Å². The van der Waals surface area contributed by atoms with Crippen LogP contribution in [-0.2, 0) is 4.74 Å². The van der Waals surface area contributed by atoms with Crippen molar-refractivity contribution in [3.8, 4) is 0 Å². The standard InChI is InChI=1S/C18H35N3O2/c1-18(2,3)23-17(22)21(4)16-10-8-14(9-11-16)20-15-7-5-6-13(19)12-15/h13-16,20H,5-12,19H2,1-4H3. The lowest BCUT2D eigenvalue weighted by molar-refractivity contribution is 0.0177. The average Bonchev–Trinajstić information content (AvgIpc) is 2.45. The first kappa shape index (κ1) is 18.5. The molecule has 2 unspecified atom stereocenters. The maximum atomic E-state index is 12.2. The van der Waals surface area contributed by atoms with Gasteiger partial charge in [0.2, 0.25) is 0 Å². The van der Waals surface area contributed by atoms with Gasteiger partial charge in [0.05, 0.1) is 0 Å². The van der Waals surface area contributed by atoms with Crippen LogP contribution in [0.15, 0.2) is 0 Å². The van der Waals surface area contributed by atoms with E-state index in [9.17, 15) is 4.79 Å². The number of amides is 1. The van der Waals surface area contributed by atoms with Gasteiger partial charge in [0.25, 0.3) is 0 Å². The summed E-state index contributed by atoms with van der Waals surface area (Å²) in [6.07, 6.45) is 8.93. The highest BCUT2D eigenvalue weighted by Crippen LogP contribution is 2.26. The summed E-state index contributed by atoms with van der Waals surface area (Å²) in [5.74, 6) is 0. The highest BCUT2D eigenvalue weighted by Gasteiger charge is 2.30. The van der Waals surface area contributed by atoms with Crippen LogP contribution in [0, 0.1) is 0 Å². The summed E-state index contributed by atoms with van der Waals surface area (Å²) in [7, 11) is 1.87. The number of carbonyl (C=O) groups is 1. The fourth-order valence-electron chi connectivity index (χ4n) is 3.83. The first-order chi connectivity index (χ1) is 10.7. The van der Waals surface area contributed by atoms with Gasteiger partial charge in [-0.15, -0.1) is 0 Å². The molecule has 0 aromatic heterocycles. The molecule has 2 aliphatic rings. The zero-order chi connectivity index (χ0) is 17.0. The highest BCUT2D eigenvalue weighted by atomic mass is 16.6. The van der Waals surface area contributed by atoms with Gasteiger partial charge in [-0.1, -0.05) is 6.42 Å². The van der Waals surface area contributed by atoms with E-state index in [1.807, 2.05) is 27.8 Å². The van der Waals surface area contributed by atoms with Gasteiger partial charge < -0.3 is 20.7 Å². The zero-order valence-corrected chi connectivity index (χ0v) is 15.3. The molecule has 1 amide bonds. The quantitative estimate of drug-likeness (QED) is 0.837. The first-order valence-corrected chi connectivity index (χ1v) is 9.22. The van der Waals surface area contributed by atoms with E-state index in [2.05, 4.69) is 5.32 Å². The molecule has 0 bridgehead atoms. The van der Waals surface area contributed by atoms with Crippen LogP contribution < -0.4 is 11.1 Å². The molecule has 0 aliphatic heterocycles. The van der Waals surface area contributed by atoms with Gasteiger partial charge >= 0.3 is 6.09 Å². The Bertz CT molecular complexity index is 386. The molecule has 0 aromatic carbocycles. The number of hydrogen-bond acceptors (Lipinski definition) is 4. The molecule has 134 valence electrons. The Hall–Kier alpha value is -0.810. The van der Waals surface area contributed by atoms with E-state index in [1.165, 1.54) is 19.3 Å². The lowest BCUT2D eigenvalue weighted by Gasteiger charge is -2.38. The molecule has 2 saturated carbocycles. The van der Waals surface area contributed by atoms with E-state index in [0.29, 0.717) is 24.2 Å².